The van der Waals surface area contributed by atoms with Crippen LogP contribution in [0.5, 0.6) is 0 Å². The number of aromatic nitrogens is 1. The highest BCUT2D eigenvalue weighted by Gasteiger charge is 2.12. The molecule has 0 amide bonds. The van der Waals surface area contributed by atoms with Gasteiger partial charge in [0.1, 0.15) is 5.69 Å². The molecular formula is C20H13NO3. The number of fused-ring (bicyclic) bond motifs is 1. The van der Waals surface area contributed by atoms with Crippen LogP contribution in [-0.2, 0) is 0 Å². The van der Waals surface area contributed by atoms with Crippen LogP contribution in [0, 0.1) is 0 Å². The second-order valence-electron chi connectivity index (χ2n) is 5.49. The van der Waals surface area contributed by atoms with Crippen molar-refractivity contribution in [3.63, 3.8) is 0 Å². The van der Waals surface area contributed by atoms with E-state index in [0.717, 1.165) is 22.1 Å². The minimum Gasteiger partial charge on any atom is -0.478 e. The van der Waals surface area contributed by atoms with Gasteiger partial charge in [0.25, 0.3) is 0 Å². The van der Waals surface area contributed by atoms with Crippen molar-refractivity contribution in [2.75, 3.05) is 0 Å². The van der Waals surface area contributed by atoms with Gasteiger partial charge in [-0.05, 0) is 35.4 Å². The topological polar surface area (TPSA) is 63.3 Å². The zero-order valence-electron chi connectivity index (χ0n) is 12.6. The van der Waals surface area contributed by atoms with E-state index in [1.54, 1.807) is 24.3 Å². The Morgan fingerprint density at radius 1 is 0.833 bits per heavy atom. The second-order valence-corrected chi connectivity index (χ2v) is 5.49. The van der Waals surface area contributed by atoms with E-state index >= 15 is 0 Å². The third-order valence-corrected chi connectivity index (χ3v) is 3.98. The average molecular weight is 315 g/mol. The SMILES string of the molecule is O=C(O)c1ccc(-c2noc3cc(-c4ccccc4)ccc23)cc1. The van der Waals surface area contributed by atoms with Crippen molar-refractivity contribution in [3.05, 3.63) is 78.4 Å². The Hall–Kier alpha value is -3.40. The number of rotatable bonds is 3. The molecule has 1 aromatic heterocycles. The fourth-order valence-corrected chi connectivity index (χ4v) is 2.73. The zero-order chi connectivity index (χ0) is 16.5. The molecule has 0 spiro atoms. The van der Waals surface area contributed by atoms with Crippen LogP contribution in [0.15, 0.2) is 77.3 Å². The summed E-state index contributed by atoms with van der Waals surface area (Å²) in [4.78, 5) is 10.9. The van der Waals surface area contributed by atoms with Crippen molar-refractivity contribution in [1.29, 1.82) is 0 Å². The summed E-state index contributed by atoms with van der Waals surface area (Å²) in [6.07, 6.45) is 0. The van der Waals surface area contributed by atoms with Crippen molar-refractivity contribution in [1.82, 2.24) is 5.16 Å². The standard InChI is InChI=1S/C20H13NO3/c22-20(23)15-8-6-14(7-9-15)19-17-11-10-16(12-18(17)24-21-19)13-4-2-1-3-5-13/h1-12H,(H,22,23). The average Bonchev–Trinajstić information content (AvgIpc) is 3.05. The summed E-state index contributed by atoms with van der Waals surface area (Å²) >= 11 is 0. The van der Waals surface area contributed by atoms with Gasteiger partial charge in [-0.25, -0.2) is 4.79 Å². The first-order valence-electron chi connectivity index (χ1n) is 7.51. The van der Waals surface area contributed by atoms with Gasteiger partial charge in [0.15, 0.2) is 5.58 Å². The lowest BCUT2D eigenvalue weighted by atomic mass is 10.0. The van der Waals surface area contributed by atoms with Crippen molar-refractivity contribution >= 4 is 16.9 Å². The molecule has 0 atom stereocenters. The molecule has 116 valence electrons. The molecule has 0 saturated heterocycles. The number of benzene rings is 3. The van der Waals surface area contributed by atoms with Crippen molar-refractivity contribution in [2.45, 2.75) is 0 Å². The number of aromatic carboxylic acids is 1. The Kier molecular flexibility index (Phi) is 3.35. The Bertz CT molecular complexity index is 1020. The molecule has 1 N–H and O–H groups in total. The van der Waals surface area contributed by atoms with E-state index in [4.69, 9.17) is 9.63 Å². The molecule has 0 unspecified atom stereocenters. The summed E-state index contributed by atoms with van der Waals surface area (Å²) in [5, 5.41) is 14.0. The van der Waals surface area contributed by atoms with E-state index in [1.807, 2.05) is 48.5 Å². The number of nitrogens with zero attached hydrogens (tertiary/aromatic N) is 1. The molecule has 0 aliphatic rings. The Balaban J connectivity index is 1.77. The Morgan fingerprint density at radius 3 is 2.25 bits per heavy atom. The molecule has 4 aromatic rings. The molecule has 0 bridgehead atoms. The first kappa shape index (κ1) is 14.2. The van der Waals surface area contributed by atoms with Crippen molar-refractivity contribution in [2.24, 2.45) is 0 Å². The summed E-state index contributed by atoms with van der Waals surface area (Å²) in [5.41, 5.74) is 4.66. The molecule has 0 fully saturated rings. The summed E-state index contributed by atoms with van der Waals surface area (Å²) in [5.74, 6) is -0.945. The van der Waals surface area contributed by atoms with Crippen LogP contribution in [-0.4, -0.2) is 16.2 Å². The van der Waals surface area contributed by atoms with Gasteiger partial charge >= 0.3 is 5.97 Å². The largest absolute Gasteiger partial charge is 0.478 e. The van der Waals surface area contributed by atoms with Gasteiger partial charge in [0.2, 0.25) is 0 Å². The fourth-order valence-electron chi connectivity index (χ4n) is 2.73. The fraction of sp³-hybridized carbons (Fsp3) is 0. The van der Waals surface area contributed by atoms with E-state index in [1.165, 1.54) is 0 Å². The smallest absolute Gasteiger partial charge is 0.335 e. The molecule has 4 rings (SSSR count). The van der Waals surface area contributed by atoms with Crippen LogP contribution in [0.1, 0.15) is 10.4 Å². The van der Waals surface area contributed by atoms with Gasteiger partial charge in [0.05, 0.1) is 5.56 Å². The van der Waals surface area contributed by atoms with Gasteiger partial charge in [-0.1, -0.05) is 53.7 Å². The maximum Gasteiger partial charge on any atom is 0.335 e. The van der Waals surface area contributed by atoms with Gasteiger partial charge in [-0.15, -0.1) is 0 Å². The second kappa shape index (κ2) is 5.66. The number of carboxylic acids is 1. The lowest BCUT2D eigenvalue weighted by Crippen LogP contribution is -1.94. The predicted octanol–water partition coefficient (Wildman–Crippen LogP) is 4.86. The number of hydrogen-bond donors (Lipinski definition) is 1. The maximum atomic E-state index is 10.9. The lowest BCUT2D eigenvalue weighted by Gasteiger charge is -2.01. The minimum atomic E-state index is -0.945. The molecule has 0 aliphatic heterocycles. The van der Waals surface area contributed by atoms with Crippen LogP contribution >= 0.6 is 0 Å². The van der Waals surface area contributed by atoms with Crippen LogP contribution in [0.25, 0.3) is 33.4 Å². The predicted molar refractivity (Wildman–Crippen MR) is 91.8 cm³/mol. The summed E-state index contributed by atoms with van der Waals surface area (Å²) < 4.78 is 5.48. The number of carbonyl (C=O) groups is 1. The van der Waals surface area contributed by atoms with Crippen LogP contribution < -0.4 is 0 Å². The molecule has 24 heavy (non-hydrogen) atoms. The zero-order valence-corrected chi connectivity index (χ0v) is 12.6. The number of carboxylic acid groups (broad SMARTS) is 1. The van der Waals surface area contributed by atoms with Gasteiger partial charge in [0, 0.05) is 10.9 Å². The van der Waals surface area contributed by atoms with E-state index in [9.17, 15) is 4.79 Å². The quantitative estimate of drug-likeness (QED) is 0.586. The van der Waals surface area contributed by atoms with E-state index in [-0.39, 0.29) is 5.56 Å². The Morgan fingerprint density at radius 2 is 1.54 bits per heavy atom. The Labute approximate surface area is 138 Å². The molecule has 1 heterocycles. The molecule has 3 aromatic carbocycles. The highest BCUT2D eigenvalue weighted by atomic mass is 16.5. The number of hydrogen-bond acceptors (Lipinski definition) is 3. The van der Waals surface area contributed by atoms with E-state index < -0.39 is 5.97 Å². The normalized spacial score (nSPS) is 10.8. The first-order valence-corrected chi connectivity index (χ1v) is 7.51. The molecule has 0 saturated carbocycles. The van der Waals surface area contributed by atoms with Crippen LogP contribution in [0.2, 0.25) is 0 Å². The van der Waals surface area contributed by atoms with Crippen LogP contribution in [0.4, 0.5) is 0 Å². The molecule has 0 aliphatic carbocycles. The lowest BCUT2D eigenvalue weighted by molar-refractivity contribution is 0.0697. The minimum absolute atomic E-state index is 0.248. The third kappa shape index (κ3) is 2.44. The molecule has 4 nitrogen and oxygen atoms in total. The van der Waals surface area contributed by atoms with Crippen molar-refractivity contribution < 1.29 is 14.4 Å². The summed E-state index contributed by atoms with van der Waals surface area (Å²) in [6, 6.07) is 22.7. The molecular weight excluding hydrogens is 302 g/mol. The van der Waals surface area contributed by atoms with E-state index in [0.29, 0.717) is 11.3 Å². The highest BCUT2D eigenvalue weighted by molar-refractivity contribution is 5.94. The van der Waals surface area contributed by atoms with Gasteiger partial charge in [-0.2, -0.15) is 0 Å². The van der Waals surface area contributed by atoms with Gasteiger partial charge < -0.3 is 9.63 Å². The van der Waals surface area contributed by atoms with E-state index in [2.05, 4.69) is 5.16 Å². The summed E-state index contributed by atoms with van der Waals surface area (Å²) in [7, 11) is 0. The highest BCUT2D eigenvalue weighted by Crippen LogP contribution is 2.31. The van der Waals surface area contributed by atoms with Gasteiger partial charge in [-0.3, -0.25) is 0 Å². The maximum absolute atomic E-state index is 10.9. The first-order chi connectivity index (χ1) is 11.7. The molecule has 0 radical (unpaired) electrons. The van der Waals surface area contributed by atoms with Crippen LogP contribution in [0.3, 0.4) is 0 Å². The van der Waals surface area contributed by atoms with Crippen molar-refractivity contribution in [3.8, 4) is 22.4 Å². The summed E-state index contributed by atoms with van der Waals surface area (Å²) in [6.45, 7) is 0. The molecule has 4 heteroatoms. The monoisotopic (exact) mass is 315 g/mol. The third-order valence-electron chi connectivity index (χ3n) is 3.98.